The molecule has 0 unspecified atom stereocenters. The number of aromatic nitrogens is 2. The number of nitrogens with zero attached hydrogens (tertiary/aromatic N) is 3. The predicted octanol–water partition coefficient (Wildman–Crippen LogP) is 2.62. The Balaban J connectivity index is 0.00000192. The van der Waals surface area contributed by atoms with Crippen molar-refractivity contribution >= 4 is 12.4 Å². The second-order valence-corrected chi connectivity index (χ2v) is 6.06. The van der Waals surface area contributed by atoms with Gasteiger partial charge in [-0.15, -0.1) is 12.4 Å². The van der Waals surface area contributed by atoms with Crippen molar-refractivity contribution in [3.63, 3.8) is 0 Å². The van der Waals surface area contributed by atoms with Crippen molar-refractivity contribution < 1.29 is 4.52 Å². The third-order valence-corrected chi connectivity index (χ3v) is 4.39. The molecule has 1 saturated heterocycles. The highest BCUT2D eigenvalue weighted by Gasteiger charge is 2.33. The second kappa shape index (κ2) is 8.43. The van der Waals surface area contributed by atoms with Gasteiger partial charge in [-0.3, -0.25) is 4.90 Å². The topological polar surface area (TPSA) is 68.2 Å². The number of nitrogens with two attached hydrogens (primary N) is 1. The molecule has 2 atom stereocenters. The van der Waals surface area contributed by atoms with E-state index in [1.165, 1.54) is 5.56 Å². The molecule has 23 heavy (non-hydrogen) atoms. The number of benzene rings is 1. The summed E-state index contributed by atoms with van der Waals surface area (Å²) in [6, 6.07) is 10.6. The van der Waals surface area contributed by atoms with Gasteiger partial charge in [0.1, 0.15) is 0 Å². The number of likely N-dealkylation sites (tertiary alicyclic amines) is 1. The van der Waals surface area contributed by atoms with E-state index in [1.54, 1.807) is 0 Å². The maximum Gasteiger partial charge on any atom is 0.240 e. The van der Waals surface area contributed by atoms with Crippen LogP contribution in [0.25, 0.3) is 0 Å². The van der Waals surface area contributed by atoms with Crippen LogP contribution in [0.5, 0.6) is 0 Å². The number of rotatable bonds is 6. The Morgan fingerprint density at radius 3 is 2.74 bits per heavy atom. The number of hydrogen-bond donors (Lipinski definition) is 1. The quantitative estimate of drug-likeness (QED) is 0.878. The molecule has 2 N–H and O–H groups in total. The van der Waals surface area contributed by atoms with Crippen molar-refractivity contribution in [3.8, 4) is 0 Å². The van der Waals surface area contributed by atoms with Crippen LogP contribution >= 0.6 is 12.4 Å². The molecule has 1 aromatic heterocycles. The lowest BCUT2D eigenvalue weighted by Crippen LogP contribution is -2.23. The molecule has 1 fully saturated rings. The molecule has 0 bridgehead atoms. The van der Waals surface area contributed by atoms with Crippen molar-refractivity contribution in [3.05, 3.63) is 47.6 Å². The fourth-order valence-electron chi connectivity index (χ4n) is 3.28. The molecule has 1 aromatic carbocycles. The zero-order valence-corrected chi connectivity index (χ0v) is 14.3. The lowest BCUT2D eigenvalue weighted by atomic mass is 9.89. The molecule has 2 heterocycles. The van der Waals surface area contributed by atoms with Gasteiger partial charge in [-0.2, -0.15) is 4.98 Å². The van der Waals surface area contributed by atoms with Crippen molar-refractivity contribution in [1.82, 2.24) is 15.0 Å². The first-order valence-electron chi connectivity index (χ1n) is 8.09. The maximum absolute atomic E-state index is 5.98. The number of aryl methyl sites for hydroxylation is 1. The molecule has 3 rings (SSSR count). The lowest BCUT2D eigenvalue weighted by molar-refractivity contribution is 0.259. The highest BCUT2D eigenvalue weighted by molar-refractivity contribution is 5.85. The second-order valence-electron chi connectivity index (χ2n) is 6.06. The van der Waals surface area contributed by atoms with E-state index in [9.17, 15) is 0 Å². The molecular formula is C17H25ClN4O. The molecule has 6 heteroatoms. The lowest BCUT2D eigenvalue weighted by Gasteiger charge is -2.16. The smallest absolute Gasteiger partial charge is 0.240 e. The van der Waals surface area contributed by atoms with Gasteiger partial charge in [0.25, 0.3) is 0 Å². The van der Waals surface area contributed by atoms with E-state index in [1.807, 2.05) is 0 Å². The summed E-state index contributed by atoms with van der Waals surface area (Å²) in [5.74, 6) is 2.50. The van der Waals surface area contributed by atoms with Crippen LogP contribution < -0.4 is 5.73 Å². The van der Waals surface area contributed by atoms with E-state index in [4.69, 9.17) is 10.3 Å². The summed E-state index contributed by atoms with van der Waals surface area (Å²) in [5.41, 5.74) is 7.36. The Hall–Kier alpha value is -1.43. The van der Waals surface area contributed by atoms with E-state index in [0.717, 1.165) is 38.3 Å². The average molecular weight is 337 g/mol. The third-order valence-electron chi connectivity index (χ3n) is 4.39. The molecule has 1 aliphatic heterocycles. The monoisotopic (exact) mass is 336 g/mol. The Bertz CT molecular complexity index is 589. The highest BCUT2D eigenvalue weighted by Crippen LogP contribution is 2.32. The van der Waals surface area contributed by atoms with Crippen LogP contribution in [0.15, 0.2) is 34.9 Å². The van der Waals surface area contributed by atoms with Gasteiger partial charge in [0.2, 0.25) is 5.89 Å². The van der Waals surface area contributed by atoms with Gasteiger partial charge in [0, 0.05) is 25.4 Å². The van der Waals surface area contributed by atoms with Crippen LogP contribution in [-0.4, -0.2) is 34.7 Å². The summed E-state index contributed by atoms with van der Waals surface area (Å²) in [6.07, 6.45) is 1.91. The fraction of sp³-hybridized carbons (Fsp3) is 0.529. The van der Waals surface area contributed by atoms with Gasteiger partial charge < -0.3 is 10.3 Å². The van der Waals surface area contributed by atoms with Crippen molar-refractivity contribution in [1.29, 1.82) is 0 Å². The minimum atomic E-state index is 0. The third kappa shape index (κ3) is 4.31. The van der Waals surface area contributed by atoms with Gasteiger partial charge in [-0.1, -0.05) is 42.4 Å². The van der Waals surface area contributed by atoms with Crippen molar-refractivity contribution in [2.24, 2.45) is 11.7 Å². The van der Waals surface area contributed by atoms with E-state index in [-0.39, 0.29) is 12.4 Å². The van der Waals surface area contributed by atoms with Crippen LogP contribution in [-0.2, 0) is 13.0 Å². The van der Waals surface area contributed by atoms with Crippen molar-refractivity contribution in [2.45, 2.75) is 32.2 Å². The summed E-state index contributed by atoms with van der Waals surface area (Å²) in [4.78, 5) is 6.83. The Kier molecular flexibility index (Phi) is 6.57. The summed E-state index contributed by atoms with van der Waals surface area (Å²) in [7, 11) is 0. The van der Waals surface area contributed by atoms with Crippen LogP contribution in [0.1, 0.15) is 36.5 Å². The fourth-order valence-corrected chi connectivity index (χ4v) is 3.28. The molecule has 0 amide bonds. The van der Waals surface area contributed by atoms with E-state index in [2.05, 4.69) is 52.3 Å². The van der Waals surface area contributed by atoms with Crippen LogP contribution in [0, 0.1) is 5.92 Å². The Morgan fingerprint density at radius 1 is 1.26 bits per heavy atom. The van der Waals surface area contributed by atoms with E-state index < -0.39 is 0 Å². The van der Waals surface area contributed by atoms with Gasteiger partial charge in [0.15, 0.2) is 5.82 Å². The zero-order valence-electron chi connectivity index (χ0n) is 13.5. The zero-order chi connectivity index (χ0) is 15.4. The molecule has 126 valence electrons. The minimum absolute atomic E-state index is 0. The SMILES string of the molecule is CCCc1noc(CN2C[C@@H](CN)[C@H](c3ccccc3)C2)n1.Cl. The minimum Gasteiger partial charge on any atom is -0.338 e. The first kappa shape index (κ1) is 17.9. The first-order chi connectivity index (χ1) is 10.8. The van der Waals surface area contributed by atoms with Crippen LogP contribution in [0.3, 0.4) is 0 Å². The molecule has 0 spiro atoms. The van der Waals surface area contributed by atoms with Gasteiger partial charge in [-0.05, 0) is 24.4 Å². The average Bonchev–Trinajstić information content (AvgIpc) is 3.16. The maximum atomic E-state index is 5.98. The summed E-state index contributed by atoms with van der Waals surface area (Å²) < 4.78 is 5.35. The first-order valence-corrected chi connectivity index (χ1v) is 8.09. The van der Waals surface area contributed by atoms with E-state index >= 15 is 0 Å². The van der Waals surface area contributed by atoms with Gasteiger partial charge in [0.05, 0.1) is 6.54 Å². The number of hydrogen-bond acceptors (Lipinski definition) is 5. The molecule has 0 radical (unpaired) electrons. The van der Waals surface area contributed by atoms with Crippen molar-refractivity contribution in [2.75, 3.05) is 19.6 Å². The summed E-state index contributed by atoms with van der Waals surface area (Å²) in [6.45, 7) is 5.53. The van der Waals surface area contributed by atoms with Gasteiger partial charge in [-0.25, -0.2) is 0 Å². The predicted molar refractivity (Wildman–Crippen MR) is 92.5 cm³/mol. The molecule has 0 saturated carbocycles. The van der Waals surface area contributed by atoms with Crippen LogP contribution in [0.4, 0.5) is 0 Å². The van der Waals surface area contributed by atoms with Gasteiger partial charge >= 0.3 is 0 Å². The molecular weight excluding hydrogens is 312 g/mol. The Morgan fingerprint density at radius 2 is 2.04 bits per heavy atom. The summed E-state index contributed by atoms with van der Waals surface area (Å²) >= 11 is 0. The van der Waals surface area contributed by atoms with Crippen LogP contribution in [0.2, 0.25) is 0 Å². The molecule has 1 aliphatic rings. The van der Waals surface area contributed by atoms with E-state index in [0.29, 0.717) is 24.3 Å². The molecule has 2 aromatic rings. The molecule has 0 aliphatic carbocycles. The number of halogens is 1. The Labute approximate surface area is 143 Å². The summed E-state index contributed by atoms with van der Waals surface area (Å²) in [5, 5.41) is 4.03. The molecule has 5 nitrogen and oxygen atoms in total. The standard InChI is InChI=1S/C17H24N4O.ClH/c1-2-6-16-19-17(22-20-16)12-21-10-14(9-18)15(11-21)13-7-4-3-5-8-13;/h3-5,7-8,14-15H,2,6,9-12,18H2,1H3;1H/t14-,15+;/m1./s1. The normalized spacial score (nSPS) is 21.3. The largest absolute Gasteiger partial charge is 0.338 e. The highest BCUT2D eigenvalue weighted by atomic mass is 35.5.